The average Bonchev–Trinajstić information content (AvgIpc) is 2.95. The molecule has 0 saturated carbocycles. The van der Waals surface area contributed by atoms with E-state index in [1.165, 1.54) is 16.5 Å². The van der Waals surface area contributed by atoms with Gasteiger partial charge in [-0.25, -0.2) is 4.68 Å². The fourth-order valence-corrected chi connectivity index (χ4v) is 2.92. The highest BCUT2D eigenvalue weighted by Crippen LogP contribution is 2.30. The number of para-hydroxylation sites is 1. The normalized spacial score (nSPS) is 11.0. The summed E-state index contributed by atoms with van der Waals surface area (Å²) >= 11 is 0. The molecule has 0 aliphatic rings. The first-order valence-corrected chi connectivity index (χ1v) is 7.84. The Balaban J connectivity index is 2.01. The van der Waals surface area contributed by atoms with Crippen molar-refractivity contribution in [1.29, 1.82) is 0 Å². The molecular weight excluding hydrogens is 280 g/mol. The second-order valence-corrected chi connectivity index (χ2v) is 5.98. The Morgan fingerprint density at radius 3 is 2.17 bits per heavy atom. The molecule has 2 nitrogen and oxygen atoms in total. The van der Waals surface area contributed by atoms with Crippen LogP contribution >= 0.6 is 0 Å². The molecule has 112 valence electrons. The first-order chi connectivity index (χ1) is 11.2. The summed E-state index contributed by atoms with van der Waals surface area (Å²) in [6.07, 6.45) is 0. The number of hydrogen-bond donors (Lipinski definition) is 0. The minimum atomic E-state index is 1.03. The lowest BCUT2D eigenvalue weighted by atomic mass is 10.1. The van der Waals surface area contributed by atoms with Gasteiger partial charge in [-0.3, -0.25) is 0 Å². The van der Waals surface area contributed by atoms with E-state index in [2.05, 4.69) is 68.4 Å². The van der Waals surface area contributed by atoms with Crippen LogP contribution in [0.3, 0.4) is 0 Å². The van der Waals surface area contributed by atoms with Crippen molar-refractivity contribution >= 4 is 10.9 Å². The van der Waals surface area contributed by atoms with E-state index in [-0.39, 0.29) is 0 Å². The molecule has 0 N–H and O–H groups in total. The van der Waals surface area contributed by atoms with Crippen molar-refractivity contribution in [2.24, 2.45) is 0 Å². The van der Waals surface area contributed by atoms with Crippen molar-refractivity contribution in [3.8, 4) is 16.9 Å². The maximum absolute atomic E-state index is 4.92. The zero-order chi connectivity index (χ0) is 15.8. The molecule has 0 fully saturated rings. The summed E-state index contributed by atoms with van der Waals surface area (Å²) in [6, 6.07) is 25.4. The van der Waals surface area contributed by atoms with Gasteiger partial charge in [0.2, 0.25) is 0 Å². The van der Waals surface area contributed by atoms with Crippen LogP contribution in [0.1, 0.15) is 11.1 Å². The Morgan fingerprint density at radius 2 is 1.43 bits per heavy atom. The van der Waals surface area contributed by atoms with Crippen LogP contribution in [-0.4, -0.2) is 9.78 Å². The molecule has 0 unspecified atom stereocenters. The Bertz CT molecular complexity index is 964. The van der Waals surface area contributed by atoms with Gasteiger partial charge in [-0.1, -0.05) is 60.2 Å². The molecule has 0 aliphatic heterocycles. The van der Waals surface area contributed by atoms with E-state index in [9.17, 15) is 0 Å². The van der Waals surface area contributed by atoms with Gasteiger partial charge in [0.15, 0.2) is 0 Å². The molecule has 0 aliphatic carbocycles. The summed E-state index contributed by atoms with van der Waals surface area (Å²) < 4.78 is 2.04. The Morgan fingerprint density at radius 1 is 0.739 bits per heavy atom. The van der Waals surface area contributed by atoms with Crippen LogP contribution in [0.5, 0.6) is 0 Å². The number of aromatic nitrogens is 2. The minimum absolute atomic E-state index is 1.03. The summed E-state index contributed by atoms with van der Waals surface area (Å²) in [4.78, 5) is 0. The number of nitrogens with zero attached hydrogens (tertiary/aromatic N) is 2. The fraction of sp³-hybridized carbons (Fsp3) is 0.0952. The van der Waals surface area contributed by atoms with Gasteiger partial charge in [-0.15, -0.1) is 0 Å². The molecule has 0 amide bonds. The quantitative estimate of drug-likeness (QED) is 0.490. The molecule has 23 heavy (non-hydrogen) atoms. The number of fused-ring (bicyclic) bond motifs is 1. The largest absolute Gasteiger partial charge is 0.232 e. The SMILES string of the molecule is Cc1ccc(-c2nn(-c3ccccc3)c3cc(C)ccc23)cc1. The molecule has 0 saturated heterocycles. The predicted octanol–water partition coefficient (Wildman–Crippen LogP) is 5.31. The molecule has 1 aromatic heterocycles. The lowest BCUT2D eigenvalue weighted by molar-refractivity contribution is 0.914. The van der Waals surface area contributed by atoms with Gasteiger partial charge < -0.3 is 0 Å². The highest BCUT2D eigenvalue weighted by molar-refractivity contribution is 5.94. The maximum atomic E-state index is 4.92. The second kappa shape index (κ2) is 5.40. The summed E-state index contributed by atoms with van der Waals surface area (Å²) in [5.41, 5.74) is 6.91. The van der Waals surface area contributed by atoms with Crippen LogP contribution in [0.4, 0.5) is 0 Å². The highest BCUT2D eigenvalue weighted by atomic mass is 15.3. The fourth-order valence-electron chi connectivity index (χ4n) is 2.92. The average molecular weight is 298 g/mol. The monoisotopic (exact) mass is 298 g/mol. The molecule has 4 aromatic rings. The lowest BCUT2D eigenvalue weighted by Gasteiger charge is -2.03. The summed E-state index contributed by atoms with van der Waals surface area (Å²) in [5.74, 6) is 0. The van der Waals surface area contributed by atoms with Gasteiger partial charge in [0, 0.05) is 10.9 Å². The molecule has 3 aromatic carbocycles. The number of rotatable bonds is 2. The Kier molecular flexibility index (Phi) is 3.23. The number of benzene rings is 3. The van der Waals surface area contributed by atoms with E-state index in [0.717, 1.165) is 22.5 Å². The summed E-state index contributed by atoms with van der Waals surface area (Å²) in [7, 11) is 0. The first kappa shape index (κ1) is 13.8. The van der Waals surface area contributed by atoms with Gasteiger partial charge in [0.05, 0.1) is 11.2 Å². The van der Waals surface area contributed by atoms with E-state index in [1.54, 1.807) is 0 Å². The van der Waals surface area contributed by atoms with Crippen LogP contribution < -0.4 is 0 Å². The third kappa shape index (κ3) is 2.42. The predicted molar refractivity (Wildman–Crippen MR) is 96.0 cm³/mol. The van der Waals surface area contributed by atoms with Crippen LogP contribution in [0.2, 0.25) is 0 Å². The van der Waals surface area contributed by atoms with Crippen molar-refractivity contribution in [3.05, 3.63) is 83.9 Å². The van der Waals surface area contributed by atoms with Gasteiger partial charge >= 0.3 is 0 Å². The zero-order valence-electron chi connectivity index (χ0n) is 13.3. The van der Waals surface area contributed by atoms with Gasteiger partial charge in [0.1, 0.15) is 5.69 Å². The topological polar surface area (TPSA) is 17.8 Å². The molecule has 0 radical (unpaired) electrons. The van der Waals surface area contributed by atoms with Crippen molar-refractivity contribution in [3.63, 3.8) is 0 Å². The van der Waals surface area contributed by atoms with Crippen LogP contribution in [0.15, 0.2) is 72.8 Å². The molecule has 0 atom stereocenters. The molecule has 0 spiro atoms. The molecular formula is C21H18N2. The summed E-state index contributed by atoms with van der Waals surface area (Å²) in [5, 5.41) is 6.10. The standard InChI is InChI=1S/C21H18N2/c1-15-8-11-17(12-9-15)21-19-13-10-16(2)14-20(19)23(22-21)18-6-4-3-5-7-18/h3-14H,1-2H3. The second-order valence-electron chi connectivity index (χ2n) is 5.98. The Hall–Kier alpha value is -2.87. The Labute approximate surface area is 136 Å². The van der Waals surface area contributed by atoms with Crippen molar-refractivity contribution in [2.75, 3.05) is 0 Å². The van der Waals surface area contributed by atoms with Crippen molar-refractivity contribution in [1.82, 2.24) is 9.78 Å². The smallest absolute Gasteiger partial charge is 0.101 e. The van der Waals surface area contributed by atoms with E-state index in [0.29, 0.717) is 0 Å². The maximum Gasteiger partial charge on any atom is 0.101 e. The molecule has 4 rings (SSSR count). The highest BCUT2D eigenvalue weighted by Gasteiger charge is 2.13. The van der Waals surface area contributed by atoms with Crippen LogP contribution in [0, 0.1) is 13.8 Å². The van der Waals surface area contributed by atoms with Crippen LogP contribution in [-0.2, 0) is 0 Å². The molecule has 2 heteroatoms. The van der Waals surface area contributed by atoms with Gasteiger partial charge in [-0.2, -0.15) is 5.10 Å². The number of aryl methyl sites for hydroxylation is 2. The van der Waals surface area contributed by atoms with E-state index >= 15 is 0 Å². The lowest BCUT2D eigenvalue weighted by Crippen LogP contribution is -1.96. The van der Waals surface area contributed by atoms with Crippen molar-refractivity contribution < 1.29 is 0 Å². The number of hydrogen-bond acceptors (Lipinski definition) is 1. The molecule has 0 bridgehead atoms. The minimum Gasteiger partial charge on any atom is -0.232 e. The van der Waals surface area contributed by atoms with E-state index in [4.69, 9.17) is 5.10 Å². The van der Waals surface area contributed by atoms with E-state index in [1.807, 2.05) is 22.9 Å². The third-order valence-corrected chi connectivity index (χ3v) is 4.16. The summed E-state index contributed by atoms with van der Waals surface area (Å²) in [6.45, 7) is 4.22. The van der Waals surface area contributed by atoms with Crippen molar-refractivity contribution in [2.45, 2.75) is 13.8 Å². The zero-order valence-corrected chi connectivity index (χ0v) is 13.3. The first-order valence-electron chi connectivity index (χ1n) is 7.84. The van der Waals surface area contributed by atoms with Crippen LogP contribution in [0.25, 0.3) is 27.8 Å². The molecule has 1 heterocycles. The van der Waals surface area contributed by atoms with Gasteiger partial charge in [0.25, 0.3) is 0 Å². The van der Waals surface area contributed by atoms with E-state index < -0.39 is 0 Å². The van der Waals surface area contributed by atoms with Gasteiger partial charge in [-0.05, 0) is 37.6 Å². The third-order valence-electron chi connectivity index (χ3n) is 4.16.